The third-order valence-electron chi connectivity index (χ3n) is 3.82. The first kappa shape index (κ1) is 23.4. The van der Waals surface area contributed by atoms with Gasteiger partial charge in [0.15, 0.2) is 5.37 Å². The Balaban J connectivity index is 2.14. The van der Waals surface area contributed by atoms with Gasteiger partial charge in [0.25, 0.3) is 0 Å². The molecule has 0 saturated carbocycles. The van der Waals surface area contributed by atoms with Gasteiger partial charge in [0.1, 0.15) is 17.2 Å². The second kappa shape index (κ2) is 9.78. The van der Waals surface area contributed by atoms with E-state index in [1.807, 2.05) is 0 Å². The van der Waals surface area contributed by atoms with Gasteiger partial charge in [-0.2, -0.15) is 0 Å². The fraction of sp³-hybridized carbons (Fsp3) is 0.278. The summed E-state index contributed by atoms with van der Waals surface area (Å²) in [6.07, 6.45) is -4.99. The Hall–Kier alpha value is -2.83. The van der Waals surface area contributed by atoms with Gasteiger partial charge in [0, 0.05) is 6.61 Å². The van der Waals surface area contributed by atoms with Gasteiger partial charge in [-0.3, -0.25) is 10.0 Å². The summed E-state index contributed by atoms with van der Waals surface area (Å²) < 4.78 is 71.0. The highest BCUT2D eigenvalue weighted by Crippen LogP contribution is 2.29. The molecule has 0 fully saturated rings. The number of hydrogen-bond acceptors (Lipinski definition) is 7. The summed E-state index contributed by atoms with van der Waals surface area (Å²) in [4.78, 5) is 10.6. The van der Waals surface area contributed by atoms with Crippen LogP contribution in [0.15, 0.2) is 53.4 Å². The van der Waals surface area contributed by atoms with Crippen molar-refractivity contribution in [2.75, 3.05) is 6.61 Å². The van der Waals surface area contributed by atoms with Crippen LogP contribution in [0.25, 0.3) is 0 Å². The molecule has 0 spiro atoms. The minimum Gasteiger partial charge on any atom is -0.457 e. The lowest BCUT2D eigenvalue weighted by molar-refractivity contribution is -0.274. The molecule has 2 aromatic rings. The van der Waals surface area contributed by atoms with Gasteiger partial charge >= 0.3 is 6.36 Å². The SMILES string of the molecule is O=CN(O)C(CCCO)S(=O)(=O)c1ccc(Oc2ccc(OC(F)(F)F)cc2)cc1. The van der Waals surface area contributed by atoms with Crippen molar-refractivity contribution in [2.24, 2.45) is 0 Å². The van der Waals surface area contributed by atoms with E-state index in [1.54, 1.807) is 0 Å². The zero-order valence-electron chi connectivity index (χ0n) is 15.3. The third-order valence-corrected chi connectivity index (χ3v) is 5.91. The zero-order valence-corrected chi connectivity index (χ0v) is 16.1. The van der Waals surface area contributed by atoms with Crippen molar-refractivity contribution in [1.29, 1.82) is 0 Å². The number of nitrogens with zero attached hydrogens (tertiary/aromatic N) is 1. The van der Waals surface area contributed by atoms with E-state index in [0.29, 0.717) is 0 Å². The second-order valence-electron chi connectivity index (χ2n) is 5.94. The predicted molar refractivity (Wildman–Crippen MR) is 96.6 cm³/mol. The van der Waals surface area contributed by atoms with E-state index in [9.17, 15) is 31.6 Å². The van der Waals surface area contributed by atoms with Gasteiger partial charge in [-0.1, -0.05) is 0 Å². The molecule has 0 aromatic heterocycles. The Morgan fingerprint density at radius 2 is 1.50 bits per heavy atom. The fourth-order valence-corrected chi connectivity index (χ4v) is 4.10. The molecule has 0 bridgehead atoms. The van der Waals surface area contributed by atoms with Crippen LogP contribution in [0, 0.1) is 0 Å². The fourth-order valence-electron chi connectivity index (χ4n) is 2.46. The monoisotopic (exact) mass is 449 g/mol. The lowest BCUT2D eigenvalue weighted by Gasteiger charge is -2.22. The normalized spacial score (nSPS) is 12.8. The Morgan fingerprint density at radius 1 is 1.00 bits per heavy atom. The minimum atomic E-state index is -4.81. The van der Waals surface area contributed by atoms with Crippen molar-refractivity contribution < 1.29 is 46.2 Å². The summed E-state index contributed by atoms with van der Waals surface area (Å²) in [5, 5.41) is 16.9. The Morgan fingerprint density at radius 3 is 1.97 bits per heavy atom. The average molecular weight is 449 g/mol. The molecular formula is C18H18F3NO7S. The van der Waals surface area contributed by atoms with Crippen LogP contribution in [0.4, 0.5) is 13.2 Å². The number of aliphatic hydroxyl groups excluding tert-OH is 1. The van der Waals surface area contributed by atoms with E-state index in [0.717, 1.165) is 12.1 Å². The average Bonchev–Trinajstić information content (AvgIpc) is 2.68. The van der Waals surface area contributed by atoms with Gasteiger partial charge < -0.3 is 14.6 Å². The lowest BCUT2D eigenvalue weighted by Crippen LogP contribution is -2.38. The first-order chi connectivity index (χ1) is 14.1. The molecule has 2 rings (SSSR count). The minimum absolute atomic E-state index is 0.0278. The van der Waals surface area contributed by atoms with Crippen molar-refractivity contribution in [3.05, 3.63) is 48.5 Å². The molecule has 1 amide bonds. The molecule has 0 heterocycles. The highest BCUT2D eigenvalue weighted by molar-refractivity contribution is 7.92. The number of rotatable bonds is 10. The summed E-state index contributed by atoms with van der Waals surface area (Å²) in [6, 6.07) is 9.59. The molecule has 0 aliphatic heterocycles. The van der Waals surface area contributed by atoms with Crippen molar-refractivity contribution in [1.82, 2.24) is 5.06 Å². The van der Waals surface area contributed by atoms with Gasteiger partial charge in [-0.15, -0.1) is 13.2 Å². The molecule has 0 aliphatic carbocycles. The molecule has 8 nitrogen and oxygen atoms in total. The number of amides is 1. The van der Waals surface area contributed by atoms with E-state index < -0.39 is 27.3 Å². The summed E-state index contributed by atoms with van der Waals surface area (Å²) in [5.41, 5.74) is 0. The maximum Gasteiger partial charge on any atom is 0.573 e. The lowest BCUT2D eigenvalue weighted by atomic mass is 10.3. The Bertz CT molecular complexity index is 932. The van der Waals surface area contributed by atoms with Crippen LogP contribution >= 0.6 is 0 Å². The van der Waals surface area contributed by atoms with Crippen LogP contribution in [0.1, 0.15) is 12.8 Å². The quantitative estimate of drug-likeness (QED) is 0.326. The molecular weight excluding hydrogens is 431 g/mol. The highest BCUT2D eigenvalue weighted by Gasteiger charge is 2.32. The number of sulfone groups is 1. The second-order valence-corrected chi connectivity index (χ2v) is 8.05. The summed E-state index contributed by atoms with van der Waals surface area (Å²) in [6.45, 7) is -0.321. The van der Waals surface area contributed by atoms with E-state index >= 15 is 0 Å². The van der Waals surface area contributed by atoms with E-state index in [2.05, 4.69) is 4.74 Å². The molecule has 1 unspecified atom stereocenters. The van der Waals surface area contributed by atoms with Crippen LogP contribution in [-0.4, -0.2) is 48.5 Å². The maximum absolute atomic E-state index is 12.7. The number of ether oxygens (including phenoxy) is 2. The number of alkyl halides is 3. The van der Waals surface area contributed by atoms with Crippen molar-refractivity contribution in [3.8, 4) is 17.2 Å². The number of aliphatic hydroxyl groups is 1. The Kier molecular flexibility index (Phi) is 7.65. The predicted octanol–water partition coefficient (Wildman–Crippen LogP) is 3.10. The highest BCUT2D eigenvalue weighted by atomic mass is 32.2. The number of hydrogen-bond donors (Lipinski definition) is 2. The number of hydroxylamine groups is 2. The molecule has 164 valence electrons. The third kappa shape index (κ3) is 6.34. The molecule has 0 saturated heterocycles. The molecule has 2 aromatic carbocycles. The topological polar surface area (TPSA) is 113 Å². The number of benzene rings is 2. The largest absolute Gasteiger partial charge is 0.573 e. The van der Waals surface area contributed by atoms with Gasteiger partial charge in [-0.05, 0) is 61.4 Å². The first-order valence-corrected chi connectivity index (χ1v) is 10.0. The van der Waals surface area contributed by atoms with Crippen LogP contribution in [0.2, 0.25) is 0 Å². The Labute approximate surface area is 169 Å². The molecule has 1 atom stereocenters. The van der Waals surface area contributed by atoms with Crippen LogP contribution in [0.5, 0.6) is 17.2 Å². The van der Waals surface area contributed by atoms with Gasteiger partial charge in [0.2, 0.25) is 16.2 Å². The zero-order chi connectivity index (χ0) is 22.4. The van der Waals surface area contributed by atoms with Crippen LogP contribution in [-0.2, 0) is 14.6 Å². The van der Waals surface area contributed by atoms with Crippen LogP contribution in [0.3, 0.4) is 0 Å². The van der Waals surface area contributed by atoms with Crippen molar-refractivity contribution in [3.63, 3.8) is 0 Å². The van der Waals surface area contributed by atoms with Crippen LogP contribution < -0.4 is 9.47 Å². The van der Waals surface area contributed by atoms with E-state index in [4.69, 9.17) is 9.84 Å². The maximum atomic E-state index is 12.7. The summed E-state index contributed by atoms with van der Waals surface area (Å²) in [7, 11) is -4.14. The molecule has 12 heteroatoms. The number of halogens is 3. The van der Waals surface area contributed by atoms with Gasteiger partial charge in [0.05, 0.1) is 4.90 Å². The van der Waals surface area contributed by atoms with Gasteiger partial charge in [-0.25, -0.2) is 13.5 Å². The number of carbonyl (C=O) groups excluding carboxylic acids is 1. The first-order valence-electron chi connectivity index (χ1n) is 8.48. The van der Waals surface area contributed by atoms with E-state index in [1.165, 1.54) is 36.4 Å². The van der Waals surface area contributed by atoms with Crippen molar-refractivity contribution in [2.45, 2.75) is 29.5 Å². The summed E-state index contributed by atoms with van der Waals surface area (Å²) >= 11 is 0. The summed E-state index contributed by atoms with van der Waals surface area (Å²) in [5.74, 6) is -0.0426. The molecule has 0 radical (unpaired) electrons. The number of carbonyl (C=O) groups is 1. The molecule has 30 heavy (non-hydrogen) atoms. The van der Waals surface area contributed by atoms with E-state index in [-0.39, 0.29) is 47.3 Å². The smallest absolute Gasteiger partial charge is 0.457 e. The molecule has 2 N–H and O–H groups in total. The van der Waals surface area contributed by atoms with Crippen molar-refractivity contribution >= 4 is 16.2 Å². The standard InChI is InChI=1S/C18H18F3NO7S/c19-18(20,21)29-15-5-3-13(4-6-15)28-14-7-9-16(10-8-14)30(26,27)17(2-1-11-23)22(25)12-24/h3-10,12,17,23,25H,1-2,11H2. The molecule has 0 aliphatic rings.